The Hall–Kier alpha value is -0.280. The van der Waals surface area contributed by atoms with Crippen molar-refractivity contribution in [3.63, 3.8) is 0 Å². The minimum atomic E-state index is 0.148. The summed E-state index contributed by atoms with van der Waals surface area (Å²) in [5.74, 6) is 0. The van der Waals surface area contributed by atoms with Crippen LogP contribution >= 0.6 is 0 Å². The molecular weight excluding hydrogens is 422 g/mol. The molecule has 194 valence electrons. The summed E-state index contributed by atoms with van der Waals surface area (Å²) in [4.78, 5) is 16.8. The Labute approximate surface area is 212 Å². The maximum Gasteiger partial charge on any atom is 0.147 e. The molecule has 0 aromatic heterocycles. The summed E-state index contributed by atoms with van der Waals surface area (Å²) in [6.45, 7) is 44.0. The average molecular weight is 474 g/mol. The molecule has 3 rings (SSSR count). The molecule has 0 aromatic carbocycles. The Morgan fingerprint density at radius 3 is 0.941 bits per heavy atom. The highest BCUT2D eigenvalue weighted by molar-refractivity contribution is 4.92. The first-order valence-electron chi connectivity index (χ1n) is 13.3. The first-order chi connectivity index (χ1) is 15.7. The minimum Gasteiger partial charge on any atom is -0.300 e. The van der Waals surface area contributed by atoms with Crippen LogP contribution in [0.3, 0.4) is 0 Å². The molecule has 0 saturated carbocycles. The van der Waals surface area contributed by atoms with Gasteiger partial charge in [0.05, 0.1) is 0 Å². The van der Waals surface area contributed by atoms with Crippen molar-refractivity contribution in [2.45, 2.75) is 78.9 Å². The molecule has 0 unspecified atom stereocenters. The first-order valence-corrected chi connectivity index (χ1v) is 13.3. The Morgan fingerprint density at radius 2 is 0.735 bits per heavy atom. The predicted octanol–water partition coefficient (Wildman–Crippen LogP) is 2.53. The van der Waals surface area contributed by atoms with Crippen LogP contribution in [0.15, 0.2) is 0 Å². The zero-order valence-electron chi connectivity index (χ0n) is 23.6. The standard InChI is InChI=1S/C27H51N7/c1-25(2,3)32-19-16-29(22-32)13-10-28(11-14-30-17-20-33(23-30)26(4,5)6)12-15-31-18-21-34(24-31)27(7,8)9/h10-21H2,1-9H3. The van der Waals surface area contributed by atoms with Gasteiger partial charge in [-0.3, -0.25) is 34.3 Å². The van der Waals surface area contributed by atoms with Gasteiger partial charge in [0.15, 0.2) is 0 Å². The fourth-order valence-electron chi connectivity index (χ4n) is 4.54. The predicted molar refractivity (Wildman–Crippen MR) is 140 cm³/mol. The van der Waals surface area contributed by atoms with Crippen molar-refractivity contribution in [2.24, 2.45) is 0 Å². The van der Waals surface area contributed by atoms with Gasteiger partial charge in [-0.25, -0.2) is 0 Å². The lowest BCUT2D eigenvalue weighted by Gasteiger charge is -2.32. The van der Waals surface area contributed by atoms with Crippen molar-refractivity contribution in [1.29, 1.82) is 0 Å². The fourth-order valence-corrected chi connectivity index (χ4v) is 4.54. The lowest BCUT2D eigenvalue weighted by molar-refractivity contribution is 0.159. The molecule has 0 N–H and O–H groups in total. The molecule has 0 aliphatic carbocycles. The van der Waals surface area contributed by atoms with E-state index in [1.165, 1.54) is 0 Å². The number of hydrogen-bond donors (Lipinski definition) is 0. The molecule has 0 bridgehead atoms. The van der Waals surface area contributed by atoms with Crippen LogP contribution in [-0.2, 0) is 0 Å². The molecule has 0 aromatic rings. The van der Waals surface area contributed by atoms with E-state index in [2.05, 4.69) is 117 Å². The van der Waals surface area contributed by atoms with Gasteiger partial charge in [0, 0.05) is 95.2 Å². The quantitative estimate of drug-likeness (QED) is 0.507. The maximum atomic E-state index is 3.61. The average Bonchev–Trinajstić information content (AvgIpc) is 3.46. The Bertz CT molecular complexity index is 532. The van der Waals surface area contributed by atoms with Crippen LogP contribution in [0.5, 0.6) is 0 Å². The summed E-state index contributed by atoms with van der Waals surface area (Å²) < 4.78 is 0. The summed E-state index contributed by atoms with van der Waals surface area (Å²) in [6.07, 6.45) is 0. The molecular formula is C27H51N7. The van der Waals surface area contributed by atoms with Gasteiger partial charge in [0.25, 0.3) is 0 Å². The van der Waals surface area contributed by atoms with Crippen LogP contribution in [0.4, 0.5) is 0 Å². The SMILES string of the molecule is CC(C)(C)N1[C]N(CCN(CCN2[C]N(C(C)(C)C)CC2)CCN2[C]N(C(C)(C)C)CC2)CC1. The summed E-state index contributed by atoms with van der Waals surface area (Å²) in [7, 11) is 0. The van der Waals surface area contributed by atoms with Crippen molar-refractivity contribution in [3.05, 3.63) is 20.0 Å². The summed E-state index contributed by atoms with van der Waals surface area (Å²) in [6, 6.07) is 0. The van der Waals surface area contributed by atoms with Crippen molar-refractivity contribution in [2.75, 3.05) is 78.5 Å². The van der Waals surface area contributed by atoms with Crippen molar-refractivity contribution >= 4 is 0 Å². The summed E-state index contributed by atoms with van der Waals surface area (Å²) >= 11 is 0. The van der Waals surface area contributed by atoms with E-state index in [0.717, 1.165) is 78.5 Å². The fraction of sp³-hybridized carbons (Fsp3) is 0.889. The molecule has 3 heterocycles. The summed E-state index contributed by atoms with van der Waals surface area (Å²) in [5, 5.41) is 0. The van der Waals surface area contributed by atoms with E-state index >= 15 is 0 Å². The van der Waals surface area contributed by atoms with E-state index in [1.54, 1.807) is 0 Å². The normalized spacial score (nSPS) is 23.8. The second-order valence-corrected chi connectivity index (χ2v) is 13.1. The lowest BCUT2D eigenvalue weighted by atomic mass is 10.1. The molecule has 6 radical (unpaired) electrons. The Morgan fingerprint density at radius 1 is 0.471 bits per heavy atom. The second-order valence-electron chi connectivity index (χ2n) is 13.1. The third-order valence-electron chi connectivity index (χ3n) is 7.05. The second kappa shape index (κ2) is 11.4. The third-order valence-corrected chi connectivity index (χ3v) is 7.05. The highest BCUT2D eigenvalue weighted by atomic mass is 15.4. The zero-order valence-corrected chi connectivity index (χ0v) is 23.6. The smallest absolute Gasteiger partial charge is 0.147 e. The van der Waals surface area contributed by atoms with Crippen LogP contribution in [0, 0.1) is 20.0 Å². The molecule has 3 aliphatic rings. The van der Waals surface area contributed by atoms with Gasteiger partial charge < -0.3 is 0 Å². The lowest BCUT2D eigenvalue weighted by Crippen LogP contribution is -2.42. The third kappa shape index (κ3) is 8.39. The molecule has 3 aliphatic heterocycles. The Balaban J connectivity index is 1.48. The van der Waals surface area contributed by atoms with Crippen LogP contribution in [0.25, 0.3) is 0 Å². The molecule has 0 atom stereocenters. The van der Waals surface area contributed by atoms with E-state index in [0.29, 0.717) is 0 Å². The summed E-state index contributed by atoms with van der Waals surface area (Å²) in [5.41, 5.74) is 0.444. The van der Waals surface area contributed by atoms with E-state index in [-0.39, 0.29) is 16.6 Å². The van der Waals surface area contributed by atoms with Crippen molar-refractivity contribution in [3.8, 4) is 0 Å². The monoisotopic (exact) mass is 473 g/mol. The molecule has 7 heteroatoms. The topological polar surface area (TPSA) is 22.7 Å². The Kier molecular flexibility index (Phi) is 9.49. The largest absolute Gasteiger partial charge is 0.300 e. The highest BCUT2D eigenvalue weighted by Crippen LogP contribution is 2.23. The van der Waals surface area contributed by atoms with Crippen LogP contribution in [0.2, 0.25) is 0 Å². The van der Waals surface area contributed by atoms with Gasteiger partial charge in [-0.05, 0) is 62.3 Å². The molecule has 3 fully saturated rings. The molecule has 34 heavy (non-hydrogen) atoms. The number of rotatable bonds is 9. The minimum absolute atomic E-state index is 0.148. The van der Waals surface area contributed by atoms with Crippen molar-refractivity contribution < 1.29 is 0 Å². The van der Waals surface area contributed by atoms with Crippen LogP contribution in [0.1, 0.15) is 62.3 Å². The zero-order chi connectivity index (χ0) is 25.1. The van der Waals surface area contributed by atoms with Crippen LogP contribution in [-0.4, -0.2) is 129 Å². The molecule has 0 spiro atoms. The van der Waals surface area contributed by atoms with E-state index < -0.39 is 0 Å². The van der Waals surface area contributed by atoms with E-state index in [4.69, 9.17) is 0 Å². The highest BCUT2D eigenvalue weighted by Gasteiger charge is 2.33. The van der Waals surface area contributed by atoms with Crippen LogP contribution < -0.4 is 0 Å². The van der Waals surface area contributed by atoms with E-state index in [9.17, 15) is 0 Å². The van der Waals surface area contributed by atoms with Gasteiger partial charge in [0.1, 0.15) is 20.0 Å². The first kappa shape index (κ1) is 28.3. The van der Waals surface area contributed by atoms with Gasteiger partial charge in [-0.2, -0.15) is 0 Å². The molecule has 0 amide bonds. The van der Waals surface area contributed by atoms with Crippen molar-refractivity contribution in [1.82, 2.24) is 34.3 Å². The number of nitrogens with zero attached hydrogens (tertiary/aromatic N) is 7. The van der Waals surface area contributed by atoms with Gasteiger partial charge in [-0.1, -0.05) is 0 Å². The molecule has 7 nitrogen and oxygen atoms in total. The van der Waals surface area contributed by atoms with E-state index in [1.807, 2.05) is 0 Å². The van der Waals surface area contributed by atoms with Gasteiger partial charge in [-0.15, -0.1) is 0 Å². The van der Waals surface area contributed by atoms with Gasteiger partial charge >= 0.3 is 0 Å². The molecule has 3 saturated heterocycles. The maximum absolute atomic E-state index is 3.61. The number of hydrogen-bond acceptors (Lipinski definition) is 7. The van der Waals surface area contributed by atoms with Gasteiger partial charge in [0.2, 0.25) is 0 Å².